The van der Waals surface area contributed by atoms with Crippen LogP contribution in [0.2, 0.25) is 0 Å². The second kappa shape index (κ2) is 4.49. The van der Waals surface area contributed by atoms with Gasteiger partial charge in [0.15, 0.2) is 6.29 Å². The van der Waals surface area contributed by atoms with E-state index in [0.29, 0.717) is 6.61 Å². The van der Waals surface area contributed by atoms with Gasteiger partial charge in [-0.1, -0.05) is 30.3 Å². The number of aliphatic hydroxyl groups excluding tert-OH is 1. The maximum absolute atomic E-state index is 9.42. The highest BCUT2D eigenvalue weighted by Crippen LogP contribution is 2.30. The molecule has 0 bridgehead atoms. The predicted molar refractivity (Wildman–Crippen MR) is 60.5 cm³/mol. The van der Waals surface area contributed by atoms with E-state index < -0.39 is 0 Å². The quantitative estimate of drug-likeness (QED) is 0.806. The summed E-state index contributed by atoms with van der Waals surface area (Å²) in [5.74, 6) is 0.222. The fraction of sp³-hybridized carbons (Fsp3) is 0.385. The molecule has 3 rings (SSSR count). The fourth-order valence-electron chi connectivity index (χ4n) is 2.05. The molecule has 1 aromatic rings. The maximum atomic E-state index is 9.42. The molecule has 1 unspecified atom stereocenters. The molecule has 90 valence electrons. The summed E-state index contributed by atoms with van der Waals surface area (Å²) in [6.07, 6.45) is 0.962. The van der Waals surface area contributed by atoms with Crippen LogP contribution in [0.4, 0.5) is 0 Å². The first-order valence-corrected chi connectivity index (χ1v) is 5.66. The molecule has 1 N–H and O–H groups in total. The smallest absolute Gasteiger partial charge is 0.184 e. The predicted octanol–water partition coefficient (Wildman–Crippen LogP) is 1.94. The van der Waals surface area contributed by atoms with Crippen LogP contribution in [0.25, 0.3) is 0 Å². The van der Waals surface area contributed by atoms with E-state index in [2.05, 4.69) is 0 Å². The molecule has 1 fully saturated rings. The minimum atomic E-state index is -0.386. The second-order valence-corrected chi connectivity index (χ2v) is 4.18. The Kier molecular flexibility index (Phi) is 2.84. The Morgan fingerprint density at radius 2 is 1.94 bits per heavy atom. The highest BCUT2D eigenvalue weighted by molar-refractivity contribution is 5.17. The lowest BCUT2D eigenvalue weighted by Crippen LogP contribution is -2.43. The van der Waals surface area contributed by atoms with Gasteiger partial charge in [-0.3, -0.25) is 0 Å². The van der Waals surface area contributed by atoms with E-state index >= 15 is 0 Å². The zero-order valence-corrected chi connectivity index (χ0v) is 9.28. The molecule has 0 radical (unpaired) electrons. The van der Waals surface area contributed by atoms with Crippen LogP contribution in [0.3, 0.4) is 0 Å². The van der Waals surface area contributed by atoms with Crippen LogP contribution in [0.1, 0.15) is 11.9 Å². The maximum Gasteiger partial charge on any atom is 0.184 e. The van der Waals surface area contributed by atoms with Crippen LogP contribution < -0.4 is 0 Å². The summed E-state index contributed by atoms with van der Waals surface area (Å²) in [6, 6.07) is 9.75. The Bertz CT molecular complexity index is 415. The van der Waals surface area contributed by atoms with Gasteiger partial charge in [-0.15, -0.1) is 0 Å². The molecular formula is C13H14O4. The summed E-state index contributed by atoms with van der Waals surface area (Å²) in [5, 5.41) is 9.42. The van der Waals surface area contributed by atoms with Crippen molar-refractivity contribution < 1.29 is 19.3 Å². The third-order valence-corrected chi connectivity index (χ3v) is 2.93. The summed E-state index contributed by atoms with van der Waals surface area (Å²) in [5.41, 5.74) is 0.976. The van der Waals surface area contributed by atoms with Crippen LogP contribution in [0, 0.1) is 0 Å². The highest BCUT2D eigenvalue weighted by atomic mass is 16.7. The van der Waals surface area contributed by atoms with Crippen molar-refractivity contribution in [3.8, 4) is 0 Å². The minimum Gasteiger partial charge on any atom is -0.510 e. The van der Waals surface area contributed by atoms with Crippen LogP contribution >= 0.6 is 0 Å². The molecule has 17 heavy (non-hydrogen) atoms. The lowest BCUT2D eigenvalue weighted by atomic mass is 10.1. The third kappa shape index (κ3) is 2.20. The van der Waals surface area contributed by atoms with Gasteiger partial charge in [0.1, 0.15) is 24.6 Å². The molecule has 0 aliphatic carbocycles. The summed E-state index contributed by atoms with van der Waals surface area (Å²) in [4.78, 5) is 0. The number of ether oxygens (including phenoxy) is 3. The summed E-state index contributed by atoms with van der Waals surface area (Å²) in [7, 11) is 0. The van der Waals surface area contributed by atoms with Crippen LogP contribution in [-0.2, 0) is 14.2 Å². The summed E-state index contributed by atoms with van der Waals surface area (Å²) in [6.45, 7) is 0.720. The zero-order valence-electron chi connectivity index (χ0n) is 9.28. The minimum absolute atomic E-state index is 0.120. The lowest BCUT2D eigenvalue weighted by molar-refractivity contribution is -0.257. The Labute approximate surface area is 99.4 Å². The molecule has 0 spiro atoms. The normalized spacial score (nSPS) is 32.7. The van der Waals surface area contributed by atoms with Crippen LogP contribution in [-0.4, -0.2) is 30.5 Å². The van der Waals surface area contributed by atoms with Crippen molar-refractivity contribution in [3.63, 3.8) is 0 Å². The van der Waals surface area contributed by atoms with Crippen molar-refractivity contribution in [2.45, 2.75) is 18.5 Å². The molecule has 2 heterocycles. The molecule has 0 saturated carbocycles. The SMILES string of the molecule is OC1=C[C@@H]2OC(c3ccccc3)OC[C@H]2OC1. The van der Waals surface area contributed by atoms with Crippen molar-refractivity contribution >= 4 is 0 Å². The molecule has 3 atom stereocenters. The second-order valence-electron chi connectivity index (χ2n) is 4.18. The Balaban J connectivity index is 1.77. The Morgan fingerprint density at radius 3 is 2.76 bits per heavy atom. The van der Waals surface area contributed by atoms with Crippen molar-refractivity contribution in [1.82, 2.24) is 0 Å². The number of aliphatic hydroxyl groups is 1. The van der Waals surface area contributed by atoms with Gasteiger partial charge in [0.05, 0.1) is 6.61 Å². The van der Waals surface area contributed by atoms with Crippen molar-refractivity contribution in [2.75, 3.05) is 13.2 Å². The zero-order chi connectivity index (χ0) is 11.7. The third-order valence-electron chi connectivity index (χ3n) is 2.93. The number of hydrogen-bond donors (Lipinski definition) is 1. The standard InChI is InChI=1S/C13H14O4/c14-10-6-11-12(15-7-10)8-16-13(17-11)9-4-2-1-3-5-9/h1-6,11-14H,7-8H2/t11-,12+,13?/m0/s1. The van der Waals surface area contributed by atoms with Crippen molar-refractivity contribution in [2.24, 2.45) is 0 Å². The molecule has 1 aromatic carbocycles. The van der Waals surface area contributed by atoms with E-state index in [4.69, 9.17) is 14.2 Å². The molecule has 2 aliphatic heterocycles. The van der Waals surface area contributed by atoms with Gasteiger partial charge in [0.25, 0.3) is 0 Å². The van der Waals surface area contributed by atoms with E-state index in [0.717, 1.165) is 5.56 Å². The summed E-state index contributed by atoms with van der Waals surface area (Å²) >= 11 is 0. The van der Waals surface area contributed by atoms with Gasteiger partial charge < -0.3 is 19.3 Å². The fourth-order valence-corrected chi connectivity index (χ4v) is 2.05. The average Bonchev–Trinajstić information content (AvgIpc) is 2.39. The molecular weight excluding hydrogens is 220 g/mol. The van der Waals surface area contributed by atoms with Crippen LogP contribution in [0.5, 0.6) is 0 Å². The van der Waals surface area contributed by atoms with E-state index in [9.17, 15) is 5.11 Å². The lowest BCUT2D eigenvalue weighted by Gasteiger charge is -2.37. The van der Waals surface area contributed by atoms with Gasteiger partial charge in [0, 0.05) is 5.56 Å². The van der Waals surface area contributed by atoms with Gasteiger partial charge in [-0.25, -0.2) is 0 Å². The topological polar surface area (TPSA) is 47.9 Å². The number of rotatable bonds is 1. The van der Waals surface area contributed by atoms with Gasteiger partial charge >= 0.3 is 0 Å². The van der Waals surface area contributed by atoms with Gasteiger partial charge in [-0.2, -0.15) is 0 Å². The Hall–Kier alpha value is -1.36. The first kappa shape index (κ1) is 10.8. The molecule has 4 nitrogen and oxygen atoms in total. The van der Waals surface area contributed by atoms with Gasteiger partial charge in [-0.05, 0) is 6.08 Å². The first-order valence-electron chi connectivity index (χ1n) is 5.66. The highest BCUT2D eigenvalue weighted by Gasteiger charge is 2.34. The molecule has 2 aliphatic rings. The monoisotopic (exact) mass is 234 g/mol. The van der Waals surface area contributed by atoms with Crippen LogP contribution in [0.15, 0.2) is 42.2 Å². The largest absolute Gasteiger partial charge is 0.510 e. The molecule has 0 amide bonds. The Morgan fingerprint density at radius 1 is 1.12 bits per heavy atom. The van der Waals surface area contributed by atoms with E-state index in [1.807, 2.05) is 30.3 Å². The number of hydrogen-bond acceptors (Lipinski definition) is 4. The van der Waals surface area contributed by atoms with Gasteiger partial charge in [0.2, 0.25) is 0 Å². The summed E-state index contributed by atoms with van der Waals surface area (Å²) < 4.78 is 16.8. The molecule has 4 heteroatoms. The average molecular weight is 234 g/mol. The van der Waals surface area contributed by atoms with Crippen molar-refractivity contribution in [1.29, 1.82) is 0 Å². The van der Waals surface area contributed by atoms with E-state index in [-0.39, 0.29) is 30.9 Å². The number of fused-ring (bicyclic) bond motifs is 1. The number of benzene rings is 1. The van der Waals surface area contributed by atoms with E-state index in [1.165, 1.54) is 0 Å². The van der Waals surface area contributed by atoms with Crippen molar-refractivity contribution in [3.05, 3.63) is 47.7 Å². The molecule has 1 saturated heterocycles. The molecule has 0 aromatic heterocycles. The van der Waals surface area contributed by atoms with E-state index in [1.54, 1.807) is 6.08 Å². The first-order chi connectivity index (χ1) is 8.33.